The summed E-state index contributed by atoms with van der Waals surface area (Å²) in [6.07, 6.45) is 1.39. The van der Waals surface area contributed by atoms with E-state index in [0.29, 0.717) is 5.76 Å². The van der Waals surface area contributed by atoms with Gasteiger partial charge in [0, 0.05) is 13.1 Å². The number of ether oxygens (including phenoxy) is 1. The third-order valence-electron chi connectivity index (χ3n) is 0.903. The summed E-state index contributed by atoms with van der Waals surface area (Å²) in [6, 6.07) is 0. The fraction of sp³-hybridized carbons (Fsp3) is 0.500. The number of likely N-dealkylation sites (N-methyl/N-ethyl adjacent to an activating group) is 1. The summed E-state index contributed by atoms with van der Waals surface area (Å²) >= 11 is 0. The van der Waals surface area contributed by atoms with Gasteiger partial charge in [0.2, 0.25) is 5.91 Å². The van der Waals surface area contributed by atoms with E-state index in [-0.39, 0.29) is 5.91 Å². The van der Waals surface area contributed by atoms with E-state index >= 15 is 0 Å². The molecule has 3 heteroatoms. The molecule has 0 atom stereocenters. The van der Waals surface area contributed by atoms with Crippen LogP contribution < -0.4 is 5.32 Å². The zero-order chi connectivity index (χ0) is 7.28. The van der Waals surface area contributed by atoms with E-state index in [1.54, 1.807) is 14.0 Å². The van der Waals surface area contributed by atoms with Gasteiger partial charge in [0.15, 0.2) is 0 Å². The van der Waals surface area contributed by atoms with Gasteiger partial charge in [-0.1, -0.05) is 0 Å². The van der Waals surface area contributed by atoms with Gasteiger partial charge in [-0.3, -0.25) is 4.79 Å². The molecule has 0 heterocycles. The lowest BCUT2D eigenvalue weighted by atomic mass is 10.4. The number of hydrogen-bond acceptors (Lipinski definition) is 2. The second kappa shape index (κ2) is 3.95. The molecule has 52 valence electrons. The van der Waals surface area contributed by atoms with E-state index in [9.17, 15) is 4.79 Å². The highest BCUT2D eigenvalue weighted by atomic mass is 16.5. The van der Waals surface area contributed by atoms with E-state index in [0.717, 1.165) is 0 Å². The minimum absolute atomic E-state index is 0.144. The van der Waals surface area contributed by atoms with E-state index in [1.807, 2.05) is 0 Å². The first kappa shape index (κ1) is 8.01. The van der Waals surface area contributed by atoms with Gasteiger partial charge in [-0.25, -0.2) is 0 Å². The first-order valence-electron chi connectivity index (χ1n) is 2.64. The van der Waals surface area contributed by atoms with Crippen LogP contribution >= 0.6 is 0 Å². The lowest BCUT2D eigenvalue weighted by Crippen LogP contribution is -2.14. The quantitative estimate of drug-likeness (QED) is 0.429. The van der Waals surface area contributed by atoms with Gasteiger partial charge < -0.3 is 10.1 Å². The zero-order valence-electron chi connectivity index (χ0n) is 5.89. The van der Waals surface area contributed by atoms with Crippen molar-refractivity contribution in [1.82, 2.24) is 5.32 Å². The fourth-order valence-electron chi connectivity index (χ4n) is 0.316. The maximum atomic E-state index is 10.5. The predicted molar refractivity (Wildman–Crippen MR) is 34.8 cm³/mol. The van der Waals surface area contributed by atoms with Gasteiger partial charge >= 0.3 is 0 Å². The second-order valence-corrected chi connectivity index (χ2v) is 1.57. The normalized spacial score (nSPS) is 10.8. The average Bonchev–Trinajstić information content (AvgIpc) is 1.87. The summed E-state index contributed by atoms with van der Waals surface area (Å²) < 4.78 is 4.72. The van der Waals surface area contributed by atoms with Crippen molar-refractivity contribution in [2.24, 2.45) is 0 Å². The van der Waals surface area contributed by atoms with Crippen molar-refractivity contribution in [2.45, 2.75) is 6.92 Å². The second-order valence-electron chi connectivity index (χ2n) is 1.57. The molecule has 0 aromatic rings. The molecule has 0 spiro atoms. The first-order valence-corrected chi connectivity index (χ1v) is 2.64. The van der Waals surface area contributed by atoms with Crippen LogP contribution in [-0.4, -0.2) is 20.1 Å². The minimum atomic E-state index is -0.144. The number of carbonyl (C=O) groups excluding carboxylic acids is 1. The Hall–Kier alpha value is -0.990. The van der Waals surface area contributed by atoms with E-state index in [2.05, 4.69) is 5.32 Å². The number of rotatable bonds is 2. The molecule has 1 amide bonds. The molecule has 0 aliphatic carbocycles. The number of methoxy groups -OCH3 is 1. The van der Waals surface area contributed by atoms with Crippen LogP contribution in [-0.2, 0) is 9.53 Å². The van der Waals surface area contributed by atoms with Crippen LogP contribution in [0.15, 0.2) is 11.8 Å². The lowest BCUT2D eigenvalue weighted by Gasteiger charge is -1.96. The summed E-state index contributed by atoms with van der Waals surface area (Å²) in [7, 11) is 3.09. The highest BCUT2D eigenvalue weighted by Crippen LogP contribution is 1.89. The van der Waals surface area contributed by atoms with Crippen molar-refractivity contribution in [1.29, 1.82) is 0 Å². The number of hydrogen-bond donors (Lipinski definition) is 1. The van der Waals surface area contributed by atoms with Gasteiger partial charge in [0.1, 0.15) is 0 Å². The van der Waals surface area contributed by atoms with Gasteiger partial charge in [0.05, 0.1) is 12.9 Å². The molecule has 1 N–H and O–H groups in total. The Morgan fingerprint density at radius 3 is 2.56 bits per heavy atom. The molecule has 9 heavy (non-hydrogen) atoms. The topological polar surface area (TPSA) is 38.3 Å². The summed E-state index contributed by atoms with van der Waals surface area (Å²) in [5.41, 5.74) is 0. The van der Waals surface area contributed by atoms with Crippen LogP contribution in [0.25, 0.3) is 0 Å². The van der Waals surface area contributed by atoms with Crippen molar-refractivity contribution in [2.75, 3.05) is 14.2 Å². The molecule has 0 aliphatic heterocycles. The maximum absolute atomic E-state index is 10.5. The molecule has 0 aromatic carbocycles. The zero-order valence-corrected chi connectivity index (χ0v) is 5.89. The smallest absolute Gasteiger partial charge is 0.247 e. The van der Waals surface area contributed by atoms with Gasteiger partial charge in [-0.2, -0.15) is 0 Å². The summed E-state index contributed by atoms with van der Waals surface area (Å²) in [4.78, 5) is 10.5. The summed E-state index contributed by atoms with van der Waals surface area (Å²) in [5.74, 6) is 0.462. The lowest BCUT2D eigenvalue weighted by molar-refractivity contribution is -0.116. The number of nitrogens with one attached hydrogen (secondary N) is 1. The molecule has 0 aromatic heterocycles. The van der Waals surface area contributed by atoms with Crippen molar-refractivity contribution in [3.05, 3.63) is 11.8 Å². The molecule has 0 fully saturated rings. The summed E-state index contributed by atoms with van der Waals surface area (Å²) in [6.45, 7) is 1.72. The Kier molecular flexibility index (Phi) is 3.51. The molecule has 0 bridgehead atoms. The SMILES string of the molecule is CNC(=O)/C=C(/C)OC. The molecule has 0 aliphatic rings. The Labute approximate surface area is 54.7 Å². The number of allylic oxidation sites excluding steroid dienone is 1. The Morgan fingerprint density at radius 2 is 2.22 bits per heavy atom. The highest BCUT2D eigenvalue weighted by molar-refractivity contribution is 5.87. The molecular formula is C6H11NO2. The Morgan fingerprint density at radius 1 is 1.67 bits per heavy atom. The Balaban J connectivity index is 3.79. The monoisotopic (exact) mass is 129 g/mol. The Bertz CT molecular complexity index is 129. The van der Waals surface area contributed by atoms with Crippen molar-refractivity contribution >= 4 is 5.91 Å². The third-order valence-corrected chi connectivity index (χ3v) is 0.903. The molecule has 0 saturated heterocycles. The van der Waals surface area contributed by atoms with Crippen LogP contribution in [0.5, 0.6) is 0 Å². The van der Waals surface area contributed by atoms with Crippen LogP contribution in [0.2, 0.25) is 0 Å². The largest absolute Gasteiger partial charge is 0.501 e. The van der Waals surface area contributed by atoms with E-state index in [1.165, 1.54) is 13.2 Å². The average molecular weight is 129 g/mol. The minimum Gasteiger partial charge on any atom is -0.501 e. The van der Waals surface area contributed by atoms with Crippen molar-refractivity contribution < 1.29 is 9.53 Å². The van der Waals surface area contributed by atoms with Crippen LogP contribution in [0.4, 0.5) is 0 Å². The molecule has 0 saturated carbocycles. The fourth-order valence-corrected chi connectivity index (χ4v) is 0.316. The van der Waals surface area contributed by atoms with Crippen molar-refractivity contribution in [3.63, 3.8) is 0 Å². The molecule has 0 unspecified atom stereocenters. The molecule has 0 rings (SSSR count). The summed E-state index contributed by atoms with van der Waals surface area (Å²) in [5, 5.41) is 2.43. The van der Waals surface area contributed by atoms with Gasteiger partial charge in [-0.05, 0) is 6.92 Å². The third kappa shape index (κ3) is 3.58. The predicted octanol–water partition coefficient (Wildman–Crippen LogP) is 0.283. The highest BCUT2D eigenvalue weighted by Gasteiger charge is 1.90. The number of carbonyl (C=O) groups is 1. The first-order chi connectivity index (χ1) is 4.20. The van der Waals surface area contributed by atoms with E-state index < -0.39 is 0 Å². The molecular weight excluding hydrogens is 118 g/mol. The van der Waals surface area contributed by atoms with Crippen LogP contribution in [0, 0.1) is 0 Å². The standard InChI is InChI=1S/C6H11NO2/c1-5(9-3)4-6(8)7-2/h4H,1-3H3,(H,7,8)/b5-4-. The maximum Gasteiger partial charge on any atom is 0.247 e. The van der Waals surface area contributed by atoms with Crippen LogP contribution in [0.1, 0.15) is 6.92 Å². The van der Waals surface area contributed by atoms with E-state index in [4.69, 9.17) is 4.74 Å². The number of amides is 1. The van der Waals surface area contributed by atoms with Crippen LogP contribution in [0.3, 0.4) is 0 Å². The molecule has 3 nitrogen and oxygen atoms in total. The van der Waals surface area contributed by atoms with Gasteiger partial charge in [0.25, 0.3) is 0 Å². The molecule has 0 radical (unpaired) electrons. The van der Waals surface area contributed by atoms with Crippen molar-refractivity contribution in [3.8, 4) is 0 Å². The van der Waals surface area contributed by atoms with Gasteiger partial charge in [-0.15, -0.1) is 0 Å².